The highest BCUT2D eigenvalue weighted by atomic mass is 19.4. The van der Waals surface area contributed by atoms with Crippen LogP contribution in [0.1, 0.15) is 35.4 Å². The first-order chi connectivity index (χ1) is 12.0. The minimum absolute atomic E-state index is 0.361. The molecular weight excluding hydrogens is 329 g/mol. The zero-order valence-corrected chi connectivity index (χ0v) is 13.5. The van der Waals surface area contributed by atoms with Gasteiger partial charge < -0.3 is 0 Å². The van der Waals surface area contributed by atoms with Crippen LogP contribution in [0.4, 0.5) is 13.2 Å². The van der Waals surface area contributed by atoms with Crippen molar-refractivity contribution in [3.05, 3.63) is 65.2 Å². The van der Waals surface area contributed by atoms with Crippen LogP contribution in [0.15, 0.2) is 42.7 Å². The first-order valence-corrected chi connectivity index (χ1v) is 8.27. The van der Waals surface area contributed by atoms with Crippen molar-refractivity contribution >= 4 is 0 Å². The molecule has 2 heterocycles. The van der Waals surface area contributed by atoms with Crippen LogP contribution in [0.5, 0.6) is 0 Å². The second-order valence-electron chi connectivity index (χ2n) is 6.26. The van der Waals surface area contributed by atoms with E-state index in [1.54, 1.807) is 10.9 Å². The Bertz CT molecular complexity index is 861. The number of benzene rings is 1. The molecule has 0 unspecified atom stereocenters. The zero-order chi connectivity index (χ0) is 17.4. The molecule has 130 valence electrons. The molecule has 0 saturated carbocycles. The zero-order valence-electron chi connectivity index (χ0n) is 13.5. The third-order valence-corrected chi connectivity index (χ3v) is 4.53. The molecule has 0 atom stereocenters. The summed E-state index contributed by atoms with van der Waals surface area (Å²) in [5, 5.41) is 8.07. The Balaban J connectivity index is 1.68. The fourth-order valence-electron chi connectivity index (χ4n) is 3.36. The lowest BCUT2D eigenvalue weighted by Crippen LogP contribution is -2.11. The first kappa shape index (κ1) is 15.9. The van der Waals surface area contributed by atoms with Gasteiger partial charge in [-0.05, 0) is 49.4 Å². The molecule has 0 radical (unpaired) electrons. The molecule has 1 aliphatic rings. The lowest BCUT2D eigenvalue weighted by molar-refractivity contribution is -0.142. The van der Waals surface area contributed by atoms with Crippen LogP contribution in [-0.2, 0) is 25.6 Å². The summed E-state index contributed by atoms with van der Waals surface area (Å²) in [6.07, 6.45) is 1.93. The van der Waals surface area contributed by atoms with Crippen molar-refractivity contribution in [1.82, 2.24) is 19.6 Å². The third-order valence-electron chi connectivity index (χ3n) is 4.53. The summed E-state index contributed by atoms with van der Waals surface area (Å²) in [4.78, 5) is 0. The monoisotopic (exact) mass is 346 g/mol. The smallest absolute Gasteiger partial charge is 0.268 e. The van der Waals surface area contributed by atoms with Crippen molar-refractivity contribution in [2.24, 2.45) is 0 Å². The van der Waals surface area contributed by atoms with E-state index in [0.717, 1.165) is 18.4 Å². The molecular formula is C18H17F3N4. The Labute approximate surface area is 142 Å². The van der Waals surface area contributed by atoms with E-state index in [0.29, 0.717) is 36.3 Å². The van der Waals surface area contributed by atoms with Gasteiger partial charge in [0.1, 0.15) is 0 Å². The Morgan fingerprint density at radius 3 is 2.48 bits per heavy atom. The van der Waals surface area contributed by atoms with Gasteiger partial charge in [-0.15, -0.1) is 0 Å². The van der Waals surface area contributed by atoms with Gasteiger partial charge in [-0.3, -0.25) is 4.68 Å². The molecule has 4 nitrogen and oxygen atoms in total. The molecule has 2 aromatic heterocycles. The van der Waals surface area contributed by atoms with Gasteiger partial charge in [-0.2, -0.15) is 23.4 Å². The van der Waals surface area contributed by atoms with Crippen LogP contribution < -0.4 is 0 Å². The number of nitrogens with zero attached hydrogens (tertiary/aromatic N) is 4. The van der Waals surface area contributed by atoms with Gasteiger partial charge in [-0.1, -0.05) is 12.1 Å². The summed E-state index contributed by atoms with van der Waals surface area (Å²) in [7, 11) is 0. The number of rotatable bonds is 3. The van der Waals surface area contributed by atoms with Gasteiger partial charge in [0.05, 0.1) is 12.2 Å². The Kier molecular flexibility index (Phi) is 3.86. The molecule has 0 spiro atoms. The molecule has 4 rings (SSSR count). The van der Waals surface area contributed by atoms with Crippen molar-refractivity contribution in [2.45, 2.75) is 38.4 Å². The topological polar surface area (TPSA) is 35.6 Å². The lowest BCUT2D eigenvalue weighted by Gasteiger charge is -2.15. The summed E-state index contributed by atoms with van der Waals surface area (Å²) in [5.41, 5.74) is 2.02. The van der Waals surface area contributed by atoms with Crippen molar-refractivity contribution in [3.63, 3.8) is 0 Å². The average molecular weight is 346 g/mol. The van der Waals surface area contributed by atoms with E-state index in [2.05, 4.69) is 10.2 Å². The van der Waals surface area contributed by atoms with Gasteiger partial charge in [-0.25, -0.2) is 4.68 Å². The summed E-state index contributed by atoms with van der Waals surface area (Å²) in [6.45, 7) is 0.623. The lowest BCUT2D eigenvalue weighted by atomic mass is 9.95. The van der Waals surface area contributed by atoms with Crippen LogP contribution in [0.25, 0.3) is 5.69 Å². The van der Waals surface area contributed by atoms with Crippen molar-refractivity contribution in [3.8, 4) is 5.69 Å². The van der Waals surface area contributed by atoms with E-state index in [1.807, 2.05) is 36.5 Å². The van der Waals surface area contributed by atoms with Crippen LogP contribution in [0.2, 0.25) is 0 Å². The van der Waals surface area contributed by atoms with Gasteiger partial charge in [0.15, 0.2) is 5.69 Å². The van der Waals surface area contributed by atoms with Gasteiger partial charge in [0, 0.05) is 23.7 Å². The highest BCUT2D eigenvalue weighted by molar-refractivity contribution is 5.41. The normalized spacial score (nSPS) is 14.5. The maximum atomic E-state index is 13.3. The molecule has 25 heavy (non-hydrogen) atoms. The van der Waals surface area contributed by atoms with E-state index in [4.69, 9.17) is 0 Å². The fraction of sp³-hybridized carbons (Fsp3) is 0.333. The Morgan fingerprint density at radius 2 is 1.80 bits per heavy atom. The molecule has 1 aromatic carbocycles. The maximum Gasteiger partial charge on any atom is 0.435 e. The predicted molar refractivity (Wildman–Crippen MR) is 86.5 cm³/mol. The third kappa shape index (κ3) is 3.06. The molecule has 1 aliphatic carbocycles. The Morgan fingerprint density at radius 1 is 1.04 bits per heavy atom. The van der Waals surface area contributed by atoms with Gasteiger partial charge in [0.2, 0.25) is 0 Å². The van der Waals surface area contributed by atoms with Crippen molar-refractivity contribution in [1.29, 1.82) is 0 Å². The van der Waals surface area contributed by atoms with E-state index in [-0.39, 0.29) is 0 Å². The number of aromatic nitrogens is 4. The number of fused-ring (bicyclic) bond motifs is 1. The van der Waals surface area contributed by atoms with Gasteiger partial charge >= 0.3 is 6.18 Å². The van der Waals surface area contributed by atoms with Crippen molar-refractivity contribution in [2.75, 3.05) is 0 Å². The van der Waals surface area contributed by atoms with Crippen LogP contribution in [-0.4, -0.2) is 19.6 Å². The second-order valence-corrected chi connectivity index (χ2v) is 6.26. The highest BCUT2D eigenvalue weighted by Gasteiger charge is 2.39. The molecule has 0 aliphatic heterocycles. The van der Waals surface area contributed by atoms with Crippen LogP contribution >= 0.6 is 0 Å². The summed E-state index contributed by atoms with van der Waals surface area (Å²) in [6, 6.07) is 9.30. The minimum Gasteiger partial charge on any atom is -0.268 e. The molecule has 0 amide bonds. The molecule has 0 saturated heterocycles. The summed E-state index contributed by atoms with van der Waals surface area (Å²) < 4.78 is 43.2. The predicted octanol–water partition coefficient (Wildman–Crippen LogP) is 4.01. The first-order valence-electron chi connectivity index (χ1n) is 8.27. The number of alkyl halides is 3. The maximum absolute atomic E-state index is 13.3. The van der Waals surface area contributed by atoms with E-state index in [9.17, 15) is 13.2 Å². The highest BCUT2D eigenvalue weighted by Crippen LogP contribution is 2.36. The fourth-order valence-corrected chi connectivity index (χ4v) is 3.36. The quantitative estimate of drug-likeness (QED) is 0.718. The number of halogens is 3. The number of hydrogen-bond acceptors (Lipinski definition) is 2. The van der Waals surface area contributed by atoms with Gasteiger partial charge in [0.25, 0.3) is 0 Å². The molecule has 3 aromatic rings. The van der Waals surface area contributed by atoms with Crippen LogP contribution in [0, 0.1) is 0 Å². The molecule has 0 fully saturated rings. The van der Waals surface area contributed by atoms with Crippen molar-refractivity contribution < 1.29 is 13.2 Å². The molecule has 0 bridgehead atoms. The molecule has 0 N–H and O–H groups in total. The summed E-state index contributed by atoms with van der Waals surface area (Å²) >= 11 is 0. The standard InChI is InChI=1S/C18H17F3N4/c19-18(20,21)17-15-4-1-2-5-16(15)25(23-17)14-8-6-13(7-9-14)12-24-11-3-10-22-24/h3,6-11H,1-2,4-5,12H2. The Hall–Kier alpha value is -2.57. The number of hydrogen-bond donors (Lipinski definition) is 0. The van der Waals surface area contributed by atoms with Crippen LogP contribution in [0.3, 0.4) is 0 Å². The minimum atomic E-state index is -4.41. The average Bonchev–Trinajstić information content (AvgIpc) is 3.22. The SMILES string of the molecule is FC(F)(F)c1nn(-c2ccc(Cn3cccn3)cc2)c2c1CCCC2. The van der Waals surface area contributed by atoms with E-state index < -0.39 is 11.9 Å². The largest absolute Gasteiger partial charge is 0.435 e. The van der Waals surface area contributed by atoms with E-state index >= 15 is 0 Å². The summed E-state index contributed by atoms with van der Waals surface area (Å²) in [5.74, 6) is 0. The molecule has 7 heteroatoms. The second kappa shape index (κ2) is 6.06. The van der Waals surface area contributed by atoms with E-state index in [1.165, 1.54) is 4.68 Å².